The molecule has 9 heteroatoms. The molecule has 0 fully saturated rings. The van der Waals surface area contributed by atoms with Crippen LogP contribution in [0.3, 0.4) is 0 Å². The number of thiazole rings is 1. The zero-order valence-corrected chi connectivity index (χ0v) is 20.6. The number of ether oxygens (including phenoxy) is 1. The zero-order chi connectivity index (χ0) is 19.8. The van der Waals surface area contributed by atoms with E-state index < -0.39 is 0 Å². The van der Waals surface area contributed by atoms with Crippen LogP contribution >= 0.6 is 35.3 Å². The summed E-state index contributed by atoms with van der Waals surface area (Å²) in [4.78, 5) is 17.9. The van der Waals surface area contributed by atoms with E-state index in [0.717, 1.165) is 34.6 Å². The lowest BCUT2D eigenvalue weighted by Crippen LogP contribution is -2.38. The van der Waals surface area contributed by atoms with Crippen molar-refractivity contribution >= 4 is 47.1 Å². The third-order valence-corrected chi connectivity index (χ3v) is 5.10. The van der Waals surface area contributed by atoms with Crippen LogP contribution in [0.5, 0.6) is 0 Å². The fourth-order valence-electron chi connectivity index (χ4n) is 2.44. The molecule has 156 valence electrons. The summed E-state index contributed by atoms with van der Waals surface area (Å²) in [5.74, 6) is 1.79. The Kier molecular flexibility index (Phi) is 10.7. The molecule has 0 bridgehead atoms. The first-order chi connectivity index (χ1) is 12.9. The number of nitrogens with zero attached hydrogens (tertiary/aromatic N) is 5. The molecule has 0 aromatic carbocycles. The number of pyridine rings is 1. The van der Waals surface area contributed by atoms with Crippen molar-refractivity contribution in [3.05, 3.63) is 40.0 Å². The van der Waals surface area contributed by atoms with Crippen molar-refractivity contribution < 1.29 is 4.74 Å². The molecule has 0 spiro atoms. The normalized spacial score (nSPS) is 12.3. The van der Waals surface area contributed by atoms with Crippen molar-refractivity contribution in [1.82, 2.24) is 20.2 Å². The predicted octanol–water partition coefficient (Wildman–Crippen LogP) is 3.53. The number of guanidine groups is 1. The largest absolute Gasteiger partial charge is 0.375 e. The van der Waals surface area contributed by atoms with Crippen molar-refractivity contribution in [2.75, 3.05) is 39.7 Å². The number of anilines is 1. The highest BCUT2D eigenvalue weighted by molar-refractivity contribution is 14.0. The van der Waals surface area contributed by atoms with Gasteiger partial charge in [0.15, 0.2) is 5.96 Å². The molecule has 2 rings (SSSR count). The van der Waals surface area contributed by atoms with Crippen molar-refractivity contribution in [2.24, 2.45) is 4.99 Å². The Morgan fingerprint density at radius 3 is 2.75 bits per heavy atom. The lowest BCUT2D eigenvalue weighted by Gasteiger charge is -2.21. The van der Waals surface area contributed by atoms with Gasteiger partial charge in [-0.3, -0.25) is 0 Å². The van der Waals surface area contributed by atoms with Gasteiger partial charge in [-0.1, -0.05) is 0 Å². The average molecular weight is 518 g/mol. The van der Waals surface area contributed by atoms with Crippen LogP contribution < -0.4 is 10.2 Å². The molecular weight excluding hydrogens is 487 g/mol. The first-order valence-corrected chi connectivity index (χ1v) is 9.91. The van der Waals surface area contributed by atoms with Gasteiger partial charge in [-0.15, -0.1) is 35.3 Å². The maximum atomic E-state index is 5.34. The SMILES string of the molecule is CCNC(=NCc1ccnc(N(C)C)c1)N(C)Cc1csc(C(C)OC)n1.I. The molecule has 0 saturated carbocycles. The molecule has 0 aliphatic carbocycles. The molecule has 0 saturated heterocycles. The summed E-state index contributed by atoms with van der Waals surface area (Å²) in [6.45, 7) is 6.18. The van der Waals surface area contributed by atoms with E-state index in [2.05, 4.69) is 38.6 Å². The highest BCUT2D eigenvalue weighted by atomic mass is 127. The van der Waals surface area contributed by atoms with Crippen LogP contribution in [0.2, 0.25) is 0 Å². The molecule has 28 heavy (non-hydrogen) atoms. The molecule has 1 atom stereocenters. The highest BCUT2D eigenvalue weighted by Crippen LogP contribution is 2.21. The van der Waals surface area contributed by atoms with Gasteiger partial charge in [0.2, 0.25) is 0 Å². The molecule has 0 amide bonds. The number of halogens is 1. The highest BCUT2D eigenvalue weighted by Gasteiger charge is 2.12. The van der Waals surface area contributed by atoms with E-state index in [1.54, 1.807) is 18.4 Å². The summed E-state index contributed by atoms with van der Waals surface area (Å²) >= 11 is 1.63. The maximum Gasteiger partial charge on any atom is 0.194 e. The second-order valence-electron chi connectivity index (χ2n) is 6.50. The Morgan fingerprint density at radius 1 is 1.36 bits per heavy atom. The second-order valence-corrected chi connectivity index (χ2v) is 7.39. The second kappa shape index (κ2) is 12.2. The Balaban J connectivity index is 0.00000392. The minimum Gasteiger partial charge on any atom is -0.375 e. The van der Waals surface area contributed by atoms with E-state index in [0.29, 0.717) is 13.1 Å². The Bertz CT molecular complexity index is 752. The van der Waals surface area contributed by atoms with E-state index in [9.17, 15) is 0 Å². The van der Waals surface area contributed by atoms with Gasteiger partial charge in [0.25, 0.3) is 0 Å². The van der Waals surface area contributed by atoms with Crippen LogP contribution in [0.25, 0.3) is 0 Å². The molecule has 1 N–H and O–H groups in total. The van der Waals surface area contributed by atoms with Crippen molar-refractivity contribution in [3.8, 4) is 0 Å². The minimum atomic E-state index is 0. The van der Waals surface area contributed by atoms with E-state index in [1.165, 1.54) is 0 Å². The van der Waals surface area contributed by atoms with E-state index in [4.69, 9.17) is 9.73 Å². The molecule has 2 heterocycles. The van der Waals surface area contributed by atoms with Gasteiger partial charge < -0.3 is 19.9 Å². The molecule has 0 aliphatic heterocycles. The van der Waals surface area contributed by atoms with Gasteiger partial charge in [-0.05, 0) is 31.5 Å². The monoisotopic (exact) mass is 518 g/mol. The first kappa shape index (κ1) is 24.6. The summed E-state index contributed by atoms with van der Waals surface area (Å²) in [6, 6.07) is 4.06. The summed E-state index contributed by atoms with van der Waals surface area (Å²) in [7, 11) is 7.70. The quantitative estimate of drug-likeness (QED) is 0.328. The van der Waals surface area contributed by atoms with Crippen LogP contribution in [-0.2, 0) is 17.8 Å². The fraction of sp³-hybridized carbons (Fsp3) is 0.526. The lowest BCUT2D eigenvalue weighted by atomic mass is 10.2. The van der Waals surface area contributed by atoms with Gasteiger partial charge in [-0.2, -0.15) is 0 Å². The number of hydrogen-bond donors (Lipinski definition) is 1. The van der Waals surface area contributed by atoms with E-state index >= 15 is 0 Å². The third kappa shape index (κ3) is 7.17. The van der Waals surface area contributed by atoms with Crippen molar-refractivity contribution in [1.29, 1.82) is 0 Å². The van der Waals surface area contributed by atoms with Crippen molar-refractivity contribution in [2.45, 2.75) is 33.0 Å². The molecule has 7 nitrogen and oxygen atoms in total. The summed E-state index contributed by atoms with van der Waals surface area (Å²) < 4.78 is 5.34. The standard InChI is InChI=1S/C19H30N6OS.HI/c1-7-20-19(22-11-15-8-9-21-17(10-15)24(3)4)25(5)12-16-13-27-18(23-16)14(2)26-6;/h8-10,13-14H,7,11-12H2,1-6H3,(H,20,22);1H. The Morgan fingerprint density at radius 2 is 2.11 bits per heavy atom. The van der Waals surface area contributed by atoms with Crippen LogP contribution in [0, 0.1) is 0 Å². The van der Waals surface area contributed by atoms with Gasteiger partial charge in [0.05, 0.1) is 18.8 Å². The number of hydrogen-bond acceptors (Lipinski definition) is 6. The minimum absolute atomic E-state index is 0. The first-order valence-electron chi connectivity index (χ1n) is 9.03. The fourth-order valence-corrected chi connectivity index (χ4v) is 3.28. The molecule has 1 unspecified atom stereocenters. The topological polar surface area (TPSA) is 65.9 Å². The predicted molar refractivity (Wildman–Crippen MR) is 128 cm³/mol. The smallest absolute Gasteiger partial charge is 0.194 e. The van der Waals surface area contributed by atoms with Gasteiger partial charge in [0.1, 0.15) is 16.9 Å². The summed E-state index contributed by atoms with van der Waals surface area (Å²) in [5.41, 5.74) is 2.15. The van der Waals surface area contributed by atoms with Crippen molar-refractivity contribution in [3.63, 3.8) is 0 Å². The van der Waals surface area contributed by atoms with Crippen LogP contribution in [0.15, 0.2) is 28.7 Å². The summed E-state index contributed by atoms with van der Waals surface area (Å²) in [6.07, 6.45) is 1.85. The zero-order valence-electron chi connectivity index (χ0n) is 17.5. The molecule has 2 aromatic rings. The lowest BCUT2D eigenvalue weighted by molar-refractivity contribution is 0.119. The average Bonchev–Trinajstić information content (AvgIpc) is 3.13. The van der Waals surface area contributed by atoms with Crippen LogP contribution in [0.4, 0.5) is 5.82 Å². The molecule has 0 aliphatic rings. The van der Waals surface area contributed by atoms with Gasteiger partial charge in [-0.25, -0.2) is 15.0 Å². The van der Waals surface area contributed by atoms with Crippen LogP contribution in [0.1, 0.15) is 36.2 Å². The van der Waals surface area contributed by atoms with Crippen LogP contribution in [-0.4, -0.2) is 55.6 Å². The summed E-state index contributed by atoms with van der Waals surface area (Å²) in [5, 5.41) is 6.43. The molecule has 0 radical (unpaired) electrons. The molecular formula is C19H31IN6OS. The molecule has 2 aromatic heterocycles. The Hall–Kier alpha value is -1.46. The van der Waals surface area contributed by atoms with E-state index in [1.807, 2.05) is 45.2 Å². The maximum absolute atomic E-state index is 5.34. The number of methoxy groups -OCH3 is 1. The van der Waals surface area contributed by atoms with E-state index in [-0.39, 0.29) is 30.1 Å². The number of rotatable bonds is 8. The number of nitrogens with one attached hydrogen (secondary N) is 1. The van der Waals surface area contributed by atoms with Gasteiger partial charge in [0, 0.05) is 46.4 Å². The van der Waals surface area contributed by atoms with Gasteiger partial charge >= 0.3 is 0 Å². The third-order valence-electron chi connectivity index (χ3n) is 4.05. The Labute approximate surface area is 189 Å². The number of aliphatic imine (C=N–C) groups is 1. The number of aromatic nitrogens is 2.